The lowest BCUT2D eigenvalue weighted by Gasteiger charge is -2.35. The largest absolute Gasteiger partial charge is 0.497 e. The molecule has 0 bridgehead atoms. The van der Waals surface area contributed by atoms with Gasteiger partial charge in [-0.05, 0) is 36.8 Å². The fourth-order valence-electron chi connectivity index (χ4n) is 3.34. The third-order valence-electron chi connectivity index (χ3n) is 4.98. The van der Waals surface area contributed by atoms with E-state index in [2.05, 4.69) is 41.4 Å². The Balaban J connectivity index is 1.61. The molecule has 2 aromatic carbocycles. The Bertz CT molecular complexity index is 722. The molecule has 0 radical (unpaired) electrons. The number of aryl methyl sites for hydroxylation is 1. The Hall–Kier alpha value is -2.21. The summed E-state index contributed by atoms with van der Waals surface area (Å²) in [7, 11) is 1.62. The van der Waals surface area contributed by atoms with Crippen LogP contribution in [-0.4, -0.2) is 57.2 Å². The van der Waals surface area contributed by atoms with Crippen molar-refractivity contribution < 1.29 is 14.3 Å². The van der Waals surface area contributed by atoms with Crippen LogP contribution in [-0.2, 0) is 4.74 Å². The van der Waals surface area contributed by atoms with E-state index in [1.54, 1.807) is 7.11 Å². The van der Waals surface area contributed by atoms with E-state index in [0.29, 0.717) is 12.1 Å². The lowest BCUT2D eigenvalue weighted by Crippen LogP contribution is -2.43. The highest BCUT2D eigenvalue weighted by Gasteiger charge is 2.22. The molecule has 27 heavy (non-hydrogen) atoms. The van der Waals surface area contributed by atoms with Gasteiger partial charge in [0, 0.05) is 31.2 Å². The first-order chi connectivity index (χ1) is 13.2. The van der Waals surface area contributed by atoms with Gasteiger partial charge in [0.05, 0.1) is 26.9 Å². The second kappa shape index (κ2) is 9.65. The number of hydrogen-bond acceptors (Lipinski definition) is 5. The summed E-state index contributed by atoms with van der Waals surface area (Å²) < 4.78 is 10.6. The van der Waals surface area contributed by atoms with Crippen molar-refractivity contribution in [2.45, 2.75) is 13.0 Å². The van der Waals surface area contributed by atoms with Crippen LogP contribution in [0.2, 0.25) is 0 Å². The number of carbonyl (C=O) groups excluding carboxylic acids is 1. The number of hydrogen-bond donors (Lipinski definition) is 1. The van der Waals surface area contributed by atoms with E-state index in [9.17, 15) is 4.79 Å². The van der Waals surface area contributed by atoms with Crippen LogP contribution >= 0.6 is 0 Å². The van der Waals surface area contributed by atoms with Gasteiger partial charge in [0.2, 0.25) is 0 Å². The van der Waals surface area contributed by atoms with Crippen LogP contribution in [0.4, 0.5) is 0 Å². The van der Waals surface area contributed by atoms with E-state index in [4.69, 9.17) is 9.47 Å². The molecule has 144 valence electrons. The van der Waals surface area contributed by atoms with Gasteiger partial charge in [-0.15, -0.1) is 0 Å². The maximum absolute atomic E-state index is 12.4. The third kappa shape index (κ3) is 5.39. The number of carbonyl (C=O) groups is 1. The molecule has 3 rings (SSSR count). The molecule has 0 spiro atoms. The van der Waals surface area contributed by atoms with Gasteiger partial charge in [-0.2, -0.15) is 0 Å². The number of morpholine rings is 1. The number of ketones is 1. The molecule has 1 aliphatic heterocycles. The molecule has 1 heterocycles. The van der Waals surface area contributed by atoms with Crippen LogP contribution in [0, 0.1) is 6.92 Å². The normalized spacial score (nSPS) is 16.1. The highest BCUT2D eigenvalue weighted by atomic mass is 16.5. The van der Waals surface area contributed by atoms with Crippen molar-refractivity contribution in [3.8, 4) is 5.75 Å². The standard InChI is InChI=1S/C22H28N2O3/c1-17-3-5-18(6-4-17)21(24-11-13-27-14-12-24)15-23-16-22(25)19-7-9-20(26-2)10-8-19/h3-10,21,23H,11-16H2,1-2H3. The molecule has 1 atom stereocenters. The summed E-state index contributed by atoms with van der Waals surface area (Å²) in [6, 6.07) is 16.1. The summed E-state index contributed by atoms with van der Waals surface area (Å²) in [5.74, 6) is 0.841. The van der Waals surface area contributed by atoms with Crippen molar-refractivity contribution in [2.24, 2.45) is 0 Å². The highest BCUT2D eigenvalue weighted by Crippen LogP contribution is 2.22. The zero-order valence-electron chi connectivity index (χ0n) is 16.1. The zero-order valence-corrected chi connectivity index (χ0v) is 16.1. The molecular weight excluding hydrogens is 340 g/mol. The molecule has 1 saturated heterocycles. The molecule has 0 aromatic heterocycles. The lowest BCUT2D eigenvalue weighted by molar-refractivity contribution is 0.0162. The summed E-state index contributed by atoms with van der Waals surface area (Å²) in [5.41, 5.74) is 3.22. The number of Topliss-reactive ketones (excluding diaryl/α,β-unsaturated/α-hetero) is 1. The van der Waals surface area contributed by atoms with E-state index < -0.39 is 0 Å². The van der Waals surface area contributed by atoms with E-state index >= 15 is 0 Å². The lowest BCUT2D eigenvalue weighted by atomic mass is 10.0. The van der Waals surface area contributed by atoms with Gasteiger partial charge in [-0.1, -0.05) is 29.8 Å². The van der Waals surface area contributed by atoms with Crippen molar-refractivity contribution in [3.05, 3.63) is 65.2 Å². The Labute approximate surface area is 161 Å². The molecular formula is C22H28N2O3. The molecule has 5 heteroatoms. The van der Waals surface area contributed by atoms with E-state index in [1.165, 1.54) is 11.1 Å². The average molecular weight is 368 g/mol. The number of benzene rings is 2. The van der Waals surface area contributed by atoms with E-state index in [1.807, 2.05) is 24.3 Å². The van der Waals surface area contributed by atoms with Gasteiger partial charge in [-0.25, -0.2) is 0 Å². The third-order valence-corrected chi connectivity index (χ3v) is 4.98. The predicted molar refractivity (Wildman–Crippen MR) is 107 cm³/mol. The molecule has 1 N–H and O–H groups in total. The van der Waals surface area contributed by atoms with E-state index in [-0.39, 0.29) is 11.8 Å². The monoisotopic (exact) mass is 368 g/mol. The Kier molecular flexibility index (Phi) is 6.98. The smallest absolute Gasteiger partial charge is 0.176 e. The van der Waals surface area contributed by atoms with Crippen LogP contribution < -0.4 is 10.1 Å². The second-order valence-electron chi connectivity index (χ2n) is 6.86. The number of methoxy groups -OCH3 is 1. The molecule has 1 unspecified atom stereocenters. The van der Waals surface area contributed by atoms with Crippen LogP contribution in [0.15, 0.2) is 48.5 Å². The summed E-state index contributed by atoms with van der Waals surface area (Å²) in [6.07, 6.45) is 0. The first-order valence-corrected chi connectivity index (χ1v) is 9.43. The van der Waals surface area contributed by atoms with E-state index in [0.717, 1.165) is 38.6 Å². The molecule has 5 nitrogen and oxygen atoms in total. The maximum Gasteiger partial charge on any atom is 0.176 e. The highest BCUT2D eigenvalue weighted by molar-refractivity contribution is 5.97. The van der Waals surface area contributed by atoms with Gasteiger partial charge in [0.25, 0.3) is 0 Å². The Morgan fingerprint density at radius 1 is 1.11 bits per heavy atom. The summed E-state index contributed by atoms with van der Waals surface area (Å²) in [6.45, 7) is 6.48. The molecule has 1 aliphatic rings. The van der Waals surface area contributed by atoms with Gasteiger partial charge >= 0.3 is 0 Å². The summed E-state index contributed by atoms with van der Waals surface area (Å²) in [4.78, 5) is 14.9. The van der Waals surface area contributed by atoms with Crippen LogP contribution in [0.3, 0.4) is 0 Å². The van der Waals surface area contributed by atoms with Crippen molar-refractivity contribution >= 4 is 5.78 Å². The fraction of sp³-hybridized carbons (Fsp3) is 0.409. The van der Waals surface area contributed by atoms with Crippen molar-refractivity contribution in [2.75, 3.05) is 46.5 Å². The summed E-state index contributed by atoms with van der Waals surface area (Å²) in [5, 5.41) is 3.36. The minimum absolute atomic E-state index is 0.0855. The predicted octanol–water partition coefficient (Wildman–Crippen LogP) is 2.85. The minimum Gasteiger partial charge on any atom is -0.497 e. The van der Waals surface area contributed by atoms with Gasteiger partial charge in [-0.3, -0.25) is 9.69 Å². The number of nitrogens with one attached hydrogen (secondary N) is 1. The first kappa shape index (κ1) is 19.5. The quantitative estimate of drug-likeness (QED) is 0.726. The minimum atomic E-state index is 0.0855. The SMILES string of the molecule is COc1ccc(C(=O)CNCC(c2ccc(C)cc2)N2CCOCC2)cc1. The average Bonchev–Trinajstić information content (AvgIpc) is 2.72. The Morgan fingerprint density at radius 3 is 2.41 bits per heavy atom. The number of rotatable bonds is 8. The van der Waals surface area contributed by atoms with Gasteiger partial charge < -0.3 is 14.8 Å². The molecule has 0 amide bonds. The number of ether oxygens (including phenoxy) is 2. The van der Waals surface area contributed by atoms with Gasteiger partial charge in [0.1, 0.15) is 5.75 Å². The molecule has 2 aromatic rings. The van der Waals surface area contributed by atoms with Crippen LogP contribution in [0.1, 0.15) is 27.5 Å². The number of nitrogens with zero attached hydrogens (tertiary/aromatic N) is 1. The van der Waals surface area contributed by atoms with Gasteiger partial charge in [0.15, 0.2) is 5.78 Å². The second-order valence-corrected chi connectivity index (χ2v) is 6.86. The topological polar surface area (TPSA) is 50.8 Å². The molecule has 0 aliphatic carbocycles. The van der Waals surface area contributed by atoms with Crippen LogP contribution in [0.5, 0.6) is 5.75 Å². The van der Waals surface area contributed by atoms with Crippen molar-refractivity contribution in [1.82, 2.24) is 10.2 Å². The zero-order chi connectivity index (χ0) is 19.1. The van der Waals surface area contributed by atoms with Crippen molar-refractivity contribution in [3.63, 3.8) is 0 Å². The Morgan fingerprint density at radius 2 is 1.78 bits per heavy atom. The maximum atomic E-state index is 12.4. The van der Waals surface area contributed by atoms with Crippen LogP contribution in [0.25, 0.3) is 0 Å². The summed E-state index contributed by atoms with van der Waals surface area (Å²) >= 11 is 0. The van der Waals surface area contributed by atoms with Crippen molar-refractivity contribution in [1.29, 1.82) is 0 Å². The molecule has 0 saturated carbocycles. The first-order valence-electron chi connectivity index (χ1n) is 9.43. The molecule has 1 fully saturated rings. The fourth-order valence-corrected chi connectivity index (χ4v) is 3.34.